The van der Waals surface area contributed by atoms with Crippen LogP contribution in [0.5, 0.6) is 5.75 Å². The Morgan fingerprint density at radius 1 is 1.32 bits per heavy atom. The van der Waals surface area contributed by atoms with Crippen molar-refractivity contribution in [2.45, 2.75) is 52.7 Å². The van der Waals surface area contributed by atoms with E-state index in [1.165, 1.54) is 7.05 Å². The van der Waals surface area contributed by atoms with Crippen LogP contribution in [-0.4, -0.2) is 44.2 Å². The molecule has 7 heteroatoms. The third kappa shape index (κ3) is 8.43. The van der Waals surface area contributed by atoms with Crippen LogP contribution in [0.1, 0.15) is 57.6 Å². The first-order valence-corrected chi connectivity index (χ1v) is 9.75. The lowest BCUT2D eigenvalue weighted by Gasteiger charge is -2.11. The molecule has 0 fully saturated rings. The smallest absolute Gasteiger partial charge is 0.208 e. The van der Waals surface area contributed by atoms with Crippen LogP contribution in [0.3, 0.4) is 0 Å². The van der Waals surface area contributed by atoms with Gasteiger partial charge < -0.3 is 20.9 Å². The highest BCUT2D eigenvalue weighted by atomic mass is 16.5. The molecule has 1 unspecified atom stereocenters. The minimum atomic E-state index is 0.0425. The molecule has 0 saturated heterocycles. The summed E-state index contributed by atoms with van der Waals surface area (Å²) in [4.78, 5) is 0. The van der Waals surface area contributed by atoms with E-state index < -0.39 is 0 Å². The zero-order valence-corrected chi connectivity index (χ0v) is 18.2. The fraction of sp³-hybridized carbons (Fsp3) is 0.524. The van der Waals surface area contributed by atoms with Crippen LogP contribution in [0.4, 0.5) is 0 Å². The number of amidine groups is 1. The van der Waals surface area contributed by atoms with Gasteiger partial charge in [-0.2, -0.15) is 0 Å². The minimum absolute atomic E-state index is 0.0425. The number of hydrazone groups is 1. The average Bonchev–Trinajstić information content (AvgIpc) is 3.04. The van der Waals surface area contributed by atoms with Crippen LogP contribution in [0.25, 0.3) is 6.08 Å². The molecule has 1 aromatic carbocycles. The van der Waals surface area contributed by atoms with Gasteiger partial charge in [-0.1, -0.05) is 26.0 Å². The van der Waals surface area contributed by atoms with Gasteiger partial charge in [-0.05, 0) is 51.4 Å². The molecule has 0 amide bonds. The third-order valence-corrected chi connectivity index (χ3v) is 3.95. The molecule has 0 bridgehead atoms. The predicted molar refractivity (Wildman–Crippen MR) is 119 cm³/mol. The van der Waals surface area contributed by atoms with Gasteiger partial charge in [0.15, 0.2) is 6.23 Å². The van der Waals surface area contributed by atoms with E-state index in [4.69, 9.17) is 20.6 Å². The molecule has 0 spiro atoms. The van der Waals surface area contributed by atoms with E-state index in [0.717, 1.165) is 42.9 Å². The number of nitrogen functional groups attached to an aromatic ring is 1. The Bertz CT molecular complexity index is 644. The van der Waals surface area contributed by atoms with Crippen LogP contribution in [0.2, 0.25) is 0 Å². The summed E-state index contributed by atoms with van der Waals surface area (Å²) in [5, 5.41) is 13.7. The van der Waals surface area contributed by atoms with Crippen molar-refractivity contribution < 1.29 is 9.47 Å². The van der Waals surface area contributed by atoms with Crippen molar-refractivity contribution >= 4 is 17.8 Å². The highest BCUT2D eigenvalue weighted by Crippen LogP contribution is 2.22. The van der Waals surface area contributed by atoms with Gasteiger partial charge in [0, 0.05) is 24.6 Å². The van der Waals surface area contributed by atoms with Gasteiger partial charge >= 0.3 is 0 Å². The van der Waals surface area contributed by atoms with Crippen LogP contribution in [0, 0.1) is 5.41 Å². The molecule has 158 valence electrons. The summed E-state index contributed by atoms with van der Waals surface area (Å²) >= 11 is 0. The number of allylic oxidation sites excluding steroid dienone is 1. The quantitative estimate of drug-likeness (QED) is 0.355. The van der Waals surface area contributed by atoms with Gasteiger partial charge in [0.2, 0.25) is 5.90 Å². The number of ether oxygens (including phenoxy) is 2. The van der Waals surface area contributed by atoms with Gasteiger partial charge in [-0.15, -0.1) is 5.10 Å². The summed E-state index contributed by atoms with van der Waals surface area (Å²) in [6, 6.07) is 5.50. The summed E-state index contributed by atoms with van der Waals surface area (Å²) < 4.78 is 11.0. The fourth-order valence-corrected chi connectivity index (χ4v) is 2.44. The van der Waals surface area contributed by atoms with Crippen LogP contribution >= 0.6 is 0 Å². The van der Waals surface area contributed by atoms with Crippen molar-refractivity contribution in [2.24, 2.45) is 16.6 Å². The Morgan fingerprint density at radius 2 is 2.00 bits per heavy atom. The first kappa shape index (κ1) is 25.5. The SMILES string of the molecule is CC.CN.COc1ccc(C(=N)N)cc1/C=C/CCCCC1=NN(C)C(C)O1. The van der Waals surface area contributed by atoms with E-state index >= 15 is 0 Å². The normalized spacial score (nSPS) is 15.0. The Kier molecular flexibility index (Phi) is 13.2. The monoisotopic (exact) mass is 391 g/mol. The van der Waals surface area contributed by atoms with Crippen LogP contribution in [-0.2, 0) is 4.74 Å². The molecule has 1 aromatic rings. The molecule has 2 rings (SSSR count). The number of methoxy groups -OCH3 is 1. The zero-order chi connectivity index (χ0) is 21.5. The standard InChI is InChI=1S/C18H26N4O2.C2H6.CH5N/c1-13-22(2)21-17(24-13)9-7-5-4-6-8-14-12-15(18(19)20)10-11-16(14)23-3;2*1-2/h6,8,10-13H,4-5,7,9H2,1-3H3,(H3,19,20);1-2H3;2H2,1H3/b8-6+;;. The van der Waals surface area contributed by atoms with E-state index in [2.05, 4.69) is 16.9 Å². The minimum Gasteiger partial charge on any atom is -0.496 e. The molecular formula is C21H37N5O2. The van der Waals surface area contributed by atoms with Crippen LogP contribution in [0.15, 0.2) is 29.4 Å². The lowest BCUT2D eigenvalue weighted by atomic mass is 10.1. The molecule has 1 atom stereocenters. The molecule has 1 aliphatic heterocycles. The van der Waals surface area contributed by atoms with Gasteiger partial charge in [-0.3, -0.25) is 10.4 Å². The Morgan fingerprint density at radius 3 is 2.54 bits per heavy atom. The molecule has 1 aliphatic rings. The second-order valence-corrected chi connectivity index (χ2v) is 5.80. The fourth-order valence-electron chi connectivity index (χ4n) is 2.44. The molecule has 7 nitrogen and oxygen atoms in total. The summed E-state index contributed by atoms with van der Waals surface area (Å²) in [5.41, 5.74) is 11.7. The van der Waals surface area contributed by atoms with E-state index in [1.54, 1.807) is 13.2 Å². The molecular weight excluding hydrogens is 354 g/mol. The third-order valence-electron chi connectivity index (χ3n) is 3.95. The highest BCUT2D eigenvalue weighted by Gasteiger charge is 2.18. The van der Waals surface area contributed by atoms with Gasteiger partial charge in [0.25, 0.3) is 0 Å². The maximum Gasteiger partial charge on any atom is 0.208 e. The van der Waals surface area contributed by atoms with Gasteiger partial charge in [-0.25, -0.2) is 0 Å². The molecule has 28 heavy (non-hydrogen) atoms. The summed E-state index contributed by atoms with van der Waals surface area (Å²) in [5.74, 6) is 1.66. The topological polar surface area (TPSA) is 110 Å². The Labute approximate surface area is 169 Å². The summed E-state index contributed by atoms with van der Waals surface area (Å²) in [6.07, 6.45) is 8.11. The van der Waals surface area contributed by atoms with Crippen molar-refractivity contribution in [3.05, 3.63) is 35.4 Å². The largest absolute Gasteiger partial charge is 0.496 e. The molecule has 0 aromatic heterocycles. The van der Waals surface area contributed by atoms with Gasteiger partial charge in [0.1, 0.15) is 11.6 Å². The maximum absolute atomic E-state index is 7.52. The zero-order valence-electron chi connectivity index (χ0n) is 18.2. The molecule has 0 saturated carbocycles. The maximum atomic E-state index is 7.52. The second-order valence-electron chi connectivity index (χ2n) is 5.80. The Hall–Kier alpha value is -2.54. The second kappa shape index (κ2) is 14.5. The number of rotatable bonds is 8. The van der Waals surface area contributed by atoms with E-state index in [-0.39, 0.29) is 12.1 Å². The Balaban J connectivity index is 0.00000171. The van der Waals surface area contributed by atoms with E-state index in [0.29, 0.717) is 5.56 Å². The first-order chi connectivity index (χ1) is 13.5. The number of benzene rings is 1. The van der Waals surface area contributed by atoms with Crippen molar-refractivity contribution in [1.82, 2.24) is 5.01 Å². The van der Waals surface area contributed by atoms with Crippen molar-refractivity contribution in [2.75, 3.05) is 21.2 Å². The molecule has 1 heterocycles. The van der Waals surface area contributed by atoms with Crippen molar-refractivity contribution in [1.29, 1.82) is 5.41 Å². The molecule has 5 N–H and O–H groups in total. The molecule has 0 aliphatic carbocycles. The summed E-state index contributed by atoms with van der Waals surface area (Å²) in [7, 11) is 5.06. The highest BCUT2D eigenvalue weighted by molar-refractivity contribution is 5.95. The number of nitrogens with one attached hydrogen (secondary N) is 1. The van der Waals surface area contributed by atoms with E-state index in [9.17, 15) is 0 Å². The van der Waals surface area contributed by atoms with Crippen molar-refractivity contribution in [3.8, 4) is 5.75 Å². The number of unbranched alkanes of at least 4 members (excludes halogenated alkanes) is 2. The average molecular weight is 392 g/mol. The summed E-state index contributed by atoms with van der Waals surface area (Å²) in [6.45, 7) is 5.99. The van der Waals surface area contributed by atoms with Crippen molar-refractivity contribution in [3.63, 3.8) is 0 Å². The number of hydrogen-bond donors (Lipinski definition) is 3. The van der Waals surface area contributed by atoms with Gasteiger partial charge in [0.05, 0.1) is 7.11 Å². The number of nitrogens with zero attached hydrogens (tertiary/aromatic N) is 2. The number of nitrogens with two attached hydrogens (primary N) is 2. The first-order valence-electron chi connectivity index (χ1n) is 9.75. The molecule has 0 radical (unpaired) electrons. The lowest BCUT2D eigenvalue weighted by molar-refractivity contribution is 0.0938. The van der Waals surface area contributed by atoms with E-state index in [1.807, 2.05) is 51.0 Å². The predicted octanol–water partition coefficient (Wildman–Crippen LogP) is 3.78. The lowest BCUT2D eigenvalue weighted by Crippen LogP contribution is -2.19. The van der Waals surface area contributed by atoms with Crippen LogP contribution < -0.4 is 16.2 Å². The number of hydrogen-bond acceptors (Lipinski definition) is 6.